The maximum atomic E-state index is 14.2. The minimum atomic E-state index is -3.25. The summed E-state index contributed by atoms with van der Waals surface area (Å²) >= 11 is 0. The van der Waals surface area contributed by atoms with Gasteiger partial charge in [0.25, 0.3) is 0 Å². The van der Waals surface area contributed by atoms with Crippen molar-refractivity contribution in [1.29, 1.82) is 0 Å². The zero-order valence-electron chi connectivity index (χ0n) is 15.8. The fourth-order valence-corrected chi connectivity index (χ4v) is 5.48. The Morgan fingerprint density at radius 2 is 1.32 bits per heavy atom. The van der Waals surface area contributed by atoms with Crippen LogP contribution < -0.4 is 15.7 Å². The molecule has 0 aliphatic rings. The van der Waals surface area contributed by atoms with Crippen molar-refractivity contribution >= 4 is 23.9 Å². The molecular formula is C23H24NO3P. The summed E-state index contributed by atoms with van der Waals surface area (Å²) < 4.78 is 19.5. The number of nitrogens with one attached hydrogen (secondary N) is 1. The van der Waals surface area contributed by atoms with Gasteiger partial charge in [-0.3, -0.25) is 9.36 Å². The topological polar surface area (TPSA) is 55.4 Å². The van der Waals surface area contributed by atoms with Crippen LogP contribution in [0.2, 0.25) is 0 Å². The maximum Gasteiger partial charge on any atom is 0.323 e. The first-order chi connectivity index (χ1) is 13.6. The lowest BCUT2D eigenvalue weighted by atomic mass is 10.1. The Morgan fingerprint density at radius 3 is 1.79 bits per heavy atom. The van der Waals surface area contributed by atoms with Crippen LogP contribution in [0.15, 0.2) is 91.0 Å². The molecule has 0 amide bonds. The van der Waals surface area contributed by atoms with Gasteiger partial charge in [-0.2, -0.15) is 0 Å². The molecule has 1 unspecified atom stereocenters. The first-order valence-corrected chi connectivity index (χ1v) is 11.0. The molecule has 3 aromatic carbocycles. The van der Waals surface area contributed by atoms with Gasteiger partial charge in [-0.05, 0) is 43.2 Å². The molecule has 0 bridgehead atoms. The molecule has 0 aliphatic carbocycles. The number of carbonyl (C=O) groups excluding carboxylic acids is 1. The highest BCUT2D eigenvalue weighted by Gasteiger charge is 2.33. The summed E-state index contributed by atoms with van der Waals surface area (Å²) in [6.45, 7) is 2.04. The van der Waals surface area contributed by atoms with Crippen LogP contribution in [-0.2, 0) is 20.5 Å². The smallest absolute Gasteiger partial charge is 0.323 e. The Bertz CT molecular complexity index is 886. The Morgan fingerprint density at radius 1 is 0.857 bits per heavy atom. The minimum Gasteiger partial charge on any atom is -0.465 e. The fraction of sp³-hybridized carbons (Fsp3) is 0.174. The van der Waals surface area contributed by atoms with Crippen molar-refractivity contribution in [1.82, 2.24) is 5.09 Å². The third kappa shape index (κ3) is 4.78. The van der Waals surface area contributed by atoms with Crippen LogP contribution in [0.5, 0.6) is 0 Å². The van der Waals surface area contributed by atoms with Crippen molar-refractivity contribution in [3.05, 3.63) is 96.6 Å². The van der Waals surface area contributed by atoms with Crippen molar-refractivity contribution in [2.24, 2.45) is 0 Å². The van der Waals surface area contributed by atoms with Crippen molar-refractivity contribution in [3.63, 3.8) is 0 Å². The van der Waals surface area contributed by atoms with Gasteiger partial charge >= 0.3 is 5.97 Å². The molecule has 3 rings (SSSR count). The van der Waals surface area contributed by atoms with E-state index in [1.807, 2.05) is 91.0 Å². The molecule has 1 atom stereocenters. The molecule has 0 radical (unpaired) electrons. The Kier molecular flexibility index (Phi) is 6.80. The van der Waals surface area contributed by atoms with E-state index in [-0.39, 0.29) is 6.61 Å². The molecule has 0 fully saturated rings. The maximum absolute atomic E-state index is 14.2. The number of benzene rings is 3. The largest absolute Gasteiger partial charge is 0.465 e. The number of rotatable bonds is 8. The zero-order chi connectivity index (χ0) is 19.8. The van der Waals surface area contributed by atoms with Crippen molar-refractivity contribution in [3.8, 4) is 0 Å². The second-order valence-corrected chi connectivity index (χ2v) is 8.91. The SMILES string of the molecule is CCOC(=O)C(Cc1ccccc1)NP(=O)(c1ccccc1)c1ccccc1. The molecule has 0 spiro atoms. The molecule has 144 valence electrons. The van der Waals surface area contributed by atoms with E-state index in [2.05, 4.69) is 5.09 Å². The van der Waals surface area contributed by atoms with Gasteiger partial charge in [-0.25, -0.2) is 5.09 Å². The molecule has 0 saturated carbocycles. The summed E-state index contributed by atoms with van der Waals surface area (Å²) in [6.07, 6.45) is 0.392. The second kappa shape index (κ2) is 9.50. The van der Waals surface area contributed by atoms with Gasteiger partial charge in [-0.1, -0.05) is 66.7 Å². The van der Waals surface area contributed by atoms with Gasteiger partial charge in [0.1, 0.15) is 6.04 Å². The lowest BCUT2D eigenvalue weighted by Gasteiger charge is -2.26. The van der Waals surface area contributed by atoms with Gasteiger partial charge in [0.05, 0.1) is 6.61 Å². The molecule has 1 N–H and O–H groups in total. The number of hydrogen-bond acceptors (Lipinski definition) is 3. The van der Waals surface area contributed by atoms with Gasteiger partial charge in [0.15, 0.2) is 0 Å². The predicted molar refractivity (Wildman–Crippen MR) is 113 cm³/mol. The van der Waals surface area contributed by atoms with Gasteiger partial charge in [0, 0.05) is 10.6 Å². The number of carbonyl (C=O) groups is 1. The van der Waals surface area contributed by atoms with Gasteiger partial charge in [0.2, 0.25) is 7.29 Å². The number of esters is 1. The molecular weight excluding hydrogens is 369 g/mol. The van der Waals surface area contributed by atoms with Crippen LogP contribution in [0, 0.1) is 0 Å². The van der Waals surface area contributed by atoms with E-state index in [0.29, 0.717) is 17.0 Å². The molecule has 5 heteroatoms. The lowest BCUT2D eigenvalue weighted by Crippen LogP contribution is -2.42. The summed E-state index contributed by atoms with van der Waals surface area (Å²) in [6, 6.07) is 27.4. The normalized spacial score (nSPS) is 12.3. The van der Waals surface area contributed by atoms with Crippen molar-refractivity contribution in [2.45, 2.75) is 19.4 Å². The van der Waals surface area contributed by atoms with Gasteiger partial charge in [-0.15, -0.1) is 0 Å². The second-order valence-electron chi connectivity index (χ2n) is 6.40. The van der Waals surface area contributed by atoms with Crippen LogP contribution in [-0.4, -0.2) is 18.6 Å². The molecule has 0 heterocycles. The quantitative estimate of drug-likeness (QED) is 0.469. The first-order valence-electron chi connectivity index (χ1n) is 9.33. The highest BCUT2D eigenvalue weighted by molar-refractivity contribution is 7.77. The third-order valence-electron chi connectivity index (χ3n) is 4.43. The van der Waals surface area contributed by atoms with E-state index < -0.39 is 19.3 Å². The van der Waals surface area contributed by atoms with E-state index >= 15 is 0 Å². The Hall–Kier alpha value is -2.68. The monoisotopic (exact) mass is 393 g/mol. The predicted octanol–water partition coefficient (Wildman–Crippen LogP) is 3.68. The Labute approximate surface area is 166 Å². The number of ether oxygens (including phenoxy) is 1. The number of hydrogen-bond donors (Lipinski definition) is 1. The lowest BCUT2D eigenvalue weighted by molar-refractivity contribution is -0.145. The van der Waals surface area contributed by atoms with E-state index in [0.717, 1.165) is 5.56 Å². The molecule has 0 aliphatic heterocycles. The van der Waals surface area contributed by atoms with Gasteiger partial charge < -0.3 is 4.74 Å². The molecule has 0 aromatic heterocycles. The average molecular weight is 393 g/mol. The fourth-order valence-electron chi connectivity index (χ4n) is 3.07. The summed E-state index contributed by atoms with van der Waals surface area (Å²) in [5.74, 6) is -0.404. The molecule has 0 saturated heterocycles. The van der Waals surface area contributed by atoms with Crippen molar-refractivity contribution < 1.29 is 14.1 Å². The van der Waals surface area contributed by atoms with E-state index in [4.69, 9.17) is 4.74 Å². The van der Waals surface area contributed by atoms with E-state index in [1.165, 1.54) is 0 Å². The summed E-state index contributed by atoms with van der Waals surface area (Å²) in [5, 5.41) is 4.49. The minimum absolute atomic E-state index is 0.271. The van der Waals surface area contributed by atoms with E-state index in [1.54, 1.807) is 6.92 Å². The average Bonchev–Trinajstić information content (AvgIpc) is 2.75. The first kappa shape index (κ1) is 20.1. The zero-order valence-corrected chi connectivity index (χ0v) is 16.7. The van der Waals surface area contributed by atoms with E-state index in [9.17, 15) is 9.36 Å². The Balaban J connectivity index is 2.00. The van der Waals surface area contributed by atoms with Crippen molar-refractivity contribution in [2.75, 3.05) is 6.61 Å². The molecule has 3 aromatic rings. The molecule has 28 heavy (non-hydrogen) atoms. The molecule has 4 nitrogen and oxygen atoms in total. The highest BCUT2D eigenvalue weighted by Crippen LogP contribution is 2.39. The summed E-state index contributed by atoms with van der Waals surface area (Å²) in [4.78, 5) is 12.7. The van der Waals surface area contributed by atoms with Crippen LogP contribution in [0.4, 0.5) is 0 Å². The standard InChI is InChI=1S/C23H24NO3P/c1-2-27-23(25)22(18-19-12-6-3-7-13-19)24-28(26,20-14-8-4-9-15-20)21-16-10-5-11-17-21/h3-17,22H,2,18H2,1H3,(H,24,26). The van der Waals surface area contributed by atoms with Crippen LogP contribution in [0.1, 0.15) is 12.5 Å². The highest BCUT2D eigenvalue weighted by atomic mass is 31.2. The van der Waals surface area contributed by atoms with Crippen LogP contribution in [0.3, 0.4) is 0 Å². The van der Waals surface area contributed by atoms with Crippen LogP contribution in [0.25, 0.3) is 0 Å². The third-order valence-corrected chi connectivity index (χ3v) is 7.16. The summed E-state index contributed by atoms with van der Waals surface area (Å²) in [7, 11) is -3.25. The van der Waals surface area contributed by atoms with Crippen LogP contribution >= 0.6 is 7.29 Å². The summed E-state index contributed by atoms with van der Waals surface area (Å²) in [5.41, 5.74) is 0.973.